The third kappa shape index (κ3) is 1.33. The van der Waals surface area contributed by atoms with Crippen molar-refractivity contribution in [2.24, 2.45) is 0 Å². The molecule has 0 saturated carbocycles. The van der Waals surface area contributed by atoms with Crippen LogP contribution in [0.2, 0.25) is 0 Å². The van der Waals surface area contributed by atoms with Gasteiger partial charge in [0.25, 0.3) is 0 Å². The molecule has 0 aliphatic heterocycles. The lowest BCUT2D eigenvalue weighted by molar-refractivity contribution is 0.482. The van der Waals surface area contributed by atoms with E-state index in [-0.39, 0.29) is 5.63 Å². The quantitative estimate of drug-likeness (QED) is 0.618. The summed E-state index contributed by atoms with van der Waals surface area (Å²) in [4.78, 5) is 10.3. The Balaban J connectivity index is 3.28. The average Bonchev–Trinajstić information content (AvgIpc) is 1.64. The first-order valence-electron chi connectivity index (χ1n) is 2.05. The van der Waals surface area contributed by atoms with Gasteiger partial charge in [-0.3, -0.25) is 0 Å². The smallest absolute Gasteiger partial charge is 0.336 e. The average molecular weight is 222 g/mol. The lowest BCUT2D eigenvalue weighted by Crippen LogP contribution is -1.93. The molecule has 3 heteroatoms. The first-order valence-corrected chi connectivity index (χ1v) is 3.12. The summed E-state index contributed by atoms with van der Waals surface area (Å²) >= 11 is 1.94. The molecule has 0 atom stereocenters. The lowest BCUT2D eigenvalue weighted by atomic mass is 10.5. The molecule has 0 amide bonds. The topological polar surface area (TPSA) is 30.2 Å². The van der Waals surface area contributed by atoms with Crippen molar-refractivity contribution in [1.82, 2.24) is 0 Å². The molecule has 0 saturated heterocycles. The summed E-state index contributed by atoms with van der Waals surface area (Å²) in [5.41, 5.74) is -0.295. The Hall–Kier alpha value is -0.320. The van der Waals surface area contributed by atoms with Crippen molar-refractivity contribution < 1.29 is 4.42 Å². The number of rotatable bonds is 0. The fourth-order valence-electron chi connectivity index (χ4n) is 0.366. The maximum atomic E-state index is 10.3. The van der Waals surface area contributed by atoms with Gasteiger partial charge in [-0.25, -0.2) is 4.79 Å². The summed E-state index contributed by atoms with van der Waals surface area (Å²) < 4.78 is 5.23. The van der Waals surface area contributed by atoms with Crippen LogP contribution in [0.15, 0.2) is 27.4 Å². The molecule has 0 radical (unpaired) electrons. The normalized spacial score (nSPS) is 9.12. The van der Waals surface area contributed by atoms with E-state index >= 15 is 0 Å². The summed E-state index contributed by atoms with van der Waals surface area (Å²) in [6, 6.07) is 4.76. The highest BCUT2D eigenvalue weighted by Gasteiger charge is 1.84. The summed E-state index contributed by atoms with van der Waals surface area (Å²) in [7, 11) is 0. The van der Waals surface area contributed by atoms with Crippen molar-refractivity contribution in [3.05, 3.63) is 32.4 Å². The zero-order valence-corrected chi connectivity index (χ0v) is 6.08. The maximum Gasteiger partial charge on any atom is 0.336 e. The summed E-state index contributed by atoms with van der Waals surface area (Å²) in [5, 5.41) is 0. The molecule has 8 heavy (non-hydrogen) atoms. The molecule has 0 unspecified atom stereocenters. The third-order valence-corrected chi connectivity index (χ3v) is 1.24. The second-order valence-corrected chi connectivity index (χ2v) is 2.31. The highest BCUT2D eigenvalue weighted by atomic mass is 127. The van der Waals surface area contributed by atoms with Crippen LogP contribution in [0.25, 0.3) is 0 Å². The largest absolute Gasteiger partial charge is 0.417 e. The minimum Gasteiger partial charge on any atom is -0.417 e. The Bertz CT molecular complexity index is 228. The van der Waals surface area contributed by atoms with Crippen LogP contribution >= 0.6 is 22.6 Å². The zero-order valence-electron chi connectivity index (χ0n) is 3.93. The number of hydrogen-bond acceptors (Lipinski definition) is 2. The van der Waals surface area contributed by atoms with Crippen molar-refractivity contribution in [3.63, 3.8) is 0 Å². The first kappa shape index (κ1) is 5.81. The molecule has 0 bridgehead atoms. The van der Waals surface area contributed by atoms with Gasteiger partial charge in [0.05, 0.1) is 0 Å². The molecule has 0 aromatic carbocycles. The molecule has 42 valence electrons. The van der Waals surface area contributed by atoms with Gasteiger partial charge < -0.3 is 4.42 Å². The van der Waals surface area contributed by atoms with E-state index < -0.39 is 0 Å². The Morgan fingerprint density at radius 2 is 2.25 bits per heavy atom. The zero-order chi connectivity index (χ0) is 5.98. The van der Waals surface area contributed by atoms with E-state index in [1.54, 1.807) is 12.1 Å². The van der Waals surface area contributed by atoms with Crippen molar-refractivity contribution >= 4 is 22.6 Å². The minimum absolute atomic E-state index is 0.295. The molecule has 1 rings (SSSR count). The summed E-state index contributed by atoms with van der Waals surface area (Å²) in [5.74, 6) is 0. The number of hydrogen-bond donors (Lipinski definition) is 0. The molecule has 1 aromatic rings. The molecule has 0 N–H and O–H groups in total. The lowest BCUT2D eigenvalue weighted by Gasteiger charge is -1.81. The van der Waals surface area contributed by atoms with Gasteiger partial charge in [-0.1, -0.05) is 6.07 Å². The van der Waals surface area contributed by atoms with Gasteiger partial charge in [-0.2, -0.15) is 0 Å². The van der Waals surface area contributed by atoms with Crippen LogP contribution in [-0.2, 0) is 0 Å². The van der Waals surface area contributed by atoms with Gasteiger partial charge in [0.1, 0.15) is 0 Å². The van der Waals surface area contributed by atoms with Crippen molar-refractivity contribution in [1.29, 1.82) is 0 Å². The number of halogens is 1. The maximum absolute atomic E-state index is 10.3. The van der Waals surface area contributed by atoms with Gasteiger partial charge in [0.2, 0.25) is 0 Å². The van der Waals surface area contributed by atoms with E-state index in [9.17, 15) is 4.79 Å². The van der Waals surface area contributed by atoms with Crippen LogP contribution < -0.4 is 5.63 Å². The van der Waals surface area contributed by atoms with E-state index in [1.165, 1.54) is 6.07 Å². The molecule has 0 aliphatic rings. The van der Waals surface area contributed by atoms with Crippen LogP contribution in [0.5, 0.6) is 0 Å². The monoisotopic (exact) mass is 222 g/mol. The molecular formula is C5H3IO2. The highest BCUT2D eigenvalue weighted by molar-refractivity contribution is 14.1. The molecule has 1 heterocycles. The third-order valence-electron chi connectivity index (χ3n) is 0.658. The fourth-order valence-corrected chi connectivity index (χ4v) is 0.791. The van der Waals surface area contributed by atoms with Crippen molar-refractivity contribution in [2.75, 3.05) is 0 Å². The van der Waals surface area contributed by atoms with Crippen LogP contribution in [0.1, 0.15) is 0 Å². The van der Waals surface area contributed by atoms with Gasteiger partial charge in [-0.15, -0.1) is 0 Å². The van der Waals surface area contributed by atoms with Crippen LogP contribution in [0.3, 0.4) is 0 Å². The Morgan fingerprint density at radius 3 is 2.62 bits per heavy atom. The Kier molecular flexibility index (Phi) is 1.67. The van der Waals surface area contributed by atoms with Gasteiger partial charge in [0, 0.05) is 6.07 Å². The van der Waals surface area contributed by atoms with Crippen LogP contribution in [-0.4, -0.2) is 0 Å². The van der Waals surface area contributed by atoms with Crippen molar-refractivity contribution in [2.45, 2.75) is 0 Å². The van der Waals surface area contributed by atoms with Crippen molar-refractivity contribution in [3.8, 4) is 0 Å². The molecule has 1 aromatic heterocycles. The molecule has 0 spiro atoms. The molecule has 0 fully saturated rings. The molecule has 2 nitrogen and oxygen atoms in total. The second kappa shape index (κ2) is 2.30. The van der Waals surface area contributed by atoms with E-state index in [1.807, 2.05) is 22.6 Å². The SMILES string of the molecule is O=c1cccc(I)o1. The van der Waals surface area contributed by atoms with Crippen LogP contribution in [0, 0.1) is 3.77 Å². The minimum atomic E-state index is -0.295. The predicted molar refractivity (Wildman–Crippen MR) is 37.7 cm³/mol. The first-order chi connectivity index (χ1) is 3.79. The standard InChI is InChI=1S/C5H3IO2/c6-4-2-1-3-5(7)8-4/h1-3H. The van der Waals surface area contributed by atoms with E-state index in [0.717, 1.165) is 0 Å². The van der Waals surface area contributed by atoms with E-state index in [4.69, 9.17) is 0 Å². The highest BCUT2D eigenvalue weighted by Crippen LogP contribution is 1.96. The Morgan fingerprint density at radius 1 is 1.50 bits per heavy atom. The molecule has 0 aliphatic carbocycles. The van der Waals surface area contributed by atoms with Gasteiger partial charge >= 0.3 is 5.63 Å². The second-order valence-electron chi connectivity index (χ2n) is 1.25. The van der Waals surface area contributed by atoms with Gasteiger partial charge in [-0.05, 0) is 28.7 Å². The summed E-state index contributed by atoms with van der Waals surface area (Å²) in [6.45, 7) is 0. The Labute approximate surface area is 59.7 Å². The van der Waals surface area contributed by atoms with E-state index in [0.29, 0.717) is 3.77 Å². The van der Waals surface area contributed by atoms with Gasteiger partial charge in [0.15, 0.2) is 3.77 Å². The fraction of sp³-hybridized carbons (Fsp3) is 0. The summed E-state index contributed by atoms with van der Waals surface area (Å²) in [6.07, 6.45) is 0. The van der Waals surface area contributed by atoms with Crippen LogP contribution in [0.4, 0.5) is 0 Å². The van der Waals surface area contributed by atoms with E-state index in [2.05, 4.69) is 4.42 Å². The molecular weight excluding hydrogens is 219 g/mol. The predicted octanol–water partition coefficient (Wildman–Crippen LogP) is 1.24.